The van der Waals surface area contributed by atoms with Crippen molar-refractivity contribution in [2.75, 3.05) is 38.1 Å². The molecule has 1 heterocycles. The molecule has 1 fully saturated rings. The molecule has 2 N–H and O–H groups in total. The summed E-state index contributed by atoms with van der Waals surface area (Å²) < 4.78 is 54.6. The maximum atomic E-state index is 14.7. The highest BCUT2D eigenvalue weighted by Crippen LogP contribution is 2.32. The average Bonchev–Trinajstić information content (AvgIpc) is 2.75. The Kier molecular flexibility index (Phi) is 9.00. The van der Waals surface area contributed by atoms with Crippen molar-refractivity contribution in [3.05, 3.63) is 56.9 Å². The Bertz CT molecular complexity index is 1090. The van der Waals surface area contributed by atoms with E-state index in [1.54, 1.807) is 6.07 Å². The molecule has 7 nitrogen and oxygen atoms in total. The van der Waals surface area contributed by atoms with Crippen LogP contribution >= 0.6 is 22.6 Å². The van der Waals surface area contributed by atoms with E-state index < -0.39 is 40.6 Å². The van der Waals surface area contributed by atoms with Crippen molar-refractivity contribution in [3.8, 4) is 0 Å². The maximum Gasteiger partial charge on any atom is 0.303 e. The molecule has 1 aliphatic heterocycles. The second kappa shape index (κ2) is 11.6. The maximum absolute atomic E-state index is 14.7. The van der Waals surface area contributed by atoms with Crippen LogP contribution in [0.1, 0.15) is 31.1 Å². The Morgan fingerprint density at radius 2 is 1.86 bits per heavy atom. The minimum absolute atomic E-state index is 0.0553. The molecule has 0 unspecified atom stereocenters. The van der Waals surface area contributed by atoms with Crippen molar-refractivity contribution in [3.63, 3.8) is 0 Å². The van der Waals surface area contributed by atoms with Crippen LogP contribution in [0.15, 0.2) is 30.3 Å². The largest absolute Gasteiger partial charge is 0.454 e. The predicted octanol–water partition coefficient (Wildman–Crippen LogP) is 4.22. The molecule has 1 saturated heterocycles. The highest BCUT2D eigenvalue weighted by Gasteiger charge is 2.48. The Balaban J connectivity index is 1.75. The number of nitrogens with zero attached hydrogens (tertiary/aromatic N) is 1. The van der Waals surface area contributed by atoms with Gasteiger partial charge in [0.05, 0.1) is 42.7 Å². The Morgan fingerprint density at radius 3 is 2.49 bits per heavy atom. The number of nitrogens with one attached hydrogen (secondary N) is 2. The molecule has 0 aromatic heterocycles. The van der Waals surface area contributed by atoms with Gasteiger partial charge in [-0.3, -0.25) is 9.59 Å². The van der Waals surface area contributed by atoms with E-state index in [-0.39, 0.29) is 37.0 Å². The average molecular weight is 605 g/mol. The van der Waals surface area contributed by atoms with Crippen LogP contribution in [0.4, 0.5) is 24.5 Å². The first-order valence-electron chi connectivity index (χ1n) is 11.0. The second-order valence-electron chi connectivity index (χ2n) is 8.57. The first kappa shape index (κ1) is 27.2. The van der Waals surface area contributed by atoms with Crippen molar-refractivity contribution in [2.45, 2.75) is 32.5 Å². The summed E-state index contributed by atoms with van der Waals surface area (Å²) in [5, 5.41) is 5.67. The minimum Gasteiger partial charge on any atom is -0.454 e. The molecule has 2 aromatic rings. The highest BCUT2D eigenvalue weighted by atomic mass is 127. The summed E-state index contributed by atoms with van der Waals surface area (Å²) in [6.45, 7) is 6.51. The third kappa shape index (κ3) is 6.85. The number of likely N-dealkylation sites (tertiary alicyclic amines) is 1. The van der Waals surface area contributed by atoms with Crippen LogP contribution in [-0.2, 0) is 14.3 Å². The van der Waals surface area contributed by atoms with Crippen molar-refractivity contribution in [1.29, 1.82) is 0 Å². The molecule has 1 amide bonds. The van der Waals surface area contributed by atoms with Gasteiger partial charge in [-0.2, -0.15) is 0 Å². The molecule has 3 rings (SSSR count). The molecule has 0 radical (unpaired) electrons. The zero-order chi connectivity index (χ0) is 25.8. The molecule has 0 spiro atoms. The number of benzene rings is 2. The van der Waals surface area contributed by atoms with Gasteiger partial charge in [0.25, 0.3) is 5.91 Å². The quantitative estimate of drug-likeness (QED) is 0.240. The fourth-order valence-corrected chi connectivity index (χ4v) is 4.19. The van der Waals surface area contributed by atoms with Crippen molar-refractivity contribution in [1.82, 2.24) is 10.2 Å². The normalized spacial score (nSPS) is 14.6. The number of ether oxygens (including phenoxy) is 2. The minimum atomic E-state index is -1.30. The molecule has 0 aliphatic carbocycles. The Hall–Kier alpha value is -2.38. The van der Waals surface area contributed by atoms with Gasteiger partial charge in [-0.15, -0.1) is 0 Å². The Morgan fingerprint density at radius 1 is 1.14 bits per heavy atom. The summed E-state index contributed by atoms with van der Waals surface area (Å²) >= 11 is 1.92. The van der Waals surface area contributed by atoms with E-state index in [4.69, 9.17) is 9.47 Å². The third-order valence-electron chi connectivity index (χ3n) is 5.30. The standard InChI is InChI=1S/C24H27F3IN3O4/c1-14(2)34-9-8-29-11-24(35-15(3)32)12-31(13-24)23(33)17-5-6-18(25)21(27)22(17)30-20-7-4-16(28)10-19(20)26/h4-7,10,14,29-30H,8-9,11-13H2,1-3H3. The van der Waals surface area contributed by atoms with Gasteiger partial charge in [-0.1, -0.05) is 0 Å². The lowest BCUT2D eigenvalue weighted by Crippen LogP contribution is -2.69. The number of rotatable bonds is 10. The number of carbonyl (C=O) groups excluding carboxylic acids is 2. The Labute approximate surface area is 215 Å². The third-order valence-corrected chi connectivity index (χ3v) is 5.97. The molecule has 11 heteroatoms. The van der Waals surface area contributed by atoms with Crippen LogP contribution in [0, 0.1) is 21.0 Å². The monoisotopic (exact) mass is 605 g/mol. The van der Waals surface area contributed by atoms with E-state index in [0.29, 0.717) is 16.7 Å². The number of hydrogen-bond donors (Lipinski definition) is 2. The molecule has 1 aliphatic rings. The smallest absolute Gasteiger partial charge is 0.303 e. The summed E-state index contributed by atoms with van der Waals surface area (Å²) in [5.74, 6) is -4.26. The van der Waals surface area contributed by atoms with Gasteiger partial charge in [-0.25, -0.2) is 13.2 Å². The lowest BCUT2D eigenvalue weighted by atomic mass is 9.92. The molecule has 0 saturated carbocycles. The van der Waals surface area contributed by atoms with Crippen molar-refractivity contribution in [2.24, 2.45) is 0 Å². The van der Waals surface area contributed by atoms with Crippen LogP contribution in [0.3, 0.4) is 0 Å². The summed E-state index contributed by atoms with van der Waals surface area (Å²) in [7, 11) is 0. The first-order valence-corrected chi connectivity index (χ1v) is 12.1. The zero-order valence-corrected chi connectivity index (χ0v) is 21.7. The second-order valence-corrected chi connectivity index (χ2v) is 9.81. The number of halogens is 4. The van der Waals surface area contributed by atoms with Crippen LogP contribution in [-0.4, -0.2) is 61.3 Å². The molecule has 0 bridgehead atoms. The van der Waals surface area contributed by atoms with E-state index in [0.717, 1.165) is 12.1 Å². The molecule has 190 valence electrons. The number of anilines is 2. The number of hydrogen-bond acceptors (Lipinski definition) is 6. The molecule has 0 atom stereocenters. The summed E-state index contributed by atoms with van der Waals surface area (Å²) in [4.78, 5) is 26.2. The van der Waals surface area contributed by atoms with E-state index >= 15 is 0 Å². The molecule has 35 heavy (non-hydrogen) atoms. The predicted molar refractivity (Wildman–Crippen MR) is 133 cm³/mol. The molecular formula is C24H27F3IN3O4. The lowest BCUT2D eigenvalue weighted by molar-refractivity contribution is -0.172. The topological polar surface area (TPSA) is 79.9 Å². The first-order chi connectivity index (χ1) is 16.5. The van der Waals surface area contributed by atoms with E-state index in [2.05, 4.69) is 10.6 Å². The SMILES string of the molecule is CC(=O)OC1(CNCCOC(C)C)CN(C(=O)c2ccc(F)c(F)c2Nc2ccc(I)cc2F)C1. The van der Waals surface area contributed by atoms with Crippen LogP contribution < -0.4 is 10.6 Å². The molecule has 2 aromatic carbocycles. The summed E-state index contributed by atoms with van der Waals surface area (Å²) in [5.41, 5.74) is -1.69. The van der Waals surface area contributed by atoms with E-state index in [1.807, 2.05) is 36.4 Å². The van der Waals surface area contributed by atoms with Gasteiger partial charge in [0.2, 0.25) is 0 Å². The lowest BCUT2D eigenvalue weighted by Gasteiger charge is -2.49. The summed E-state index contributed by atoms with van der Waals surface area (Å²) in [6.07, 6.45) is 0.0861. The van der Waals surface area contributed by atoms with E-state index in [1.165, 1.54) is 24.0 Å². The van der Waals surface area contributed by atoms with E-state index in [9.17, 15) is 22.8 Å². The van der Waals surface area contributed by atoms with Gasteiger partial charge in [0, 0.05) is 23.6 Å². The van der Waals surface area contributed by atoms with Crippen molar-refractivity contribution >= 4 is 45.8 Å². The fourth-order valence-electron chi connectivity index (χ4n) is 3.74. The van der Waals surface area contributed by atoms with Gasteiger partial charge in [0.1, 0.15) is 5.82 Å². The fraction of sp³-hybridized carbons (Fsp3) is 0.417. The van der Waals surface area contributed by atoms with Gasteiger partial charge in [0.15, 0.2) is 17.2 Å². The van der Waals surface area contributed by atoms with Gasteiger partial charge < -0.3 is 25.0 Å². The molecular weight excluding hydrogens is 578 g/mol. The van der Waals surface area contributed by atoms with Gasteiger partial charge in [-0.05, 0) is 66.8 Å². The van der Waals surface area contributed by atoms with Crippen LogP contribution in [0.25, 0.3) is 0 Å². The summed E-state index contributed by atoms with van der Waals surface area (Å²) in [6, 6.07) is 6.17. The van der Waals surface area contributed by atoms with Gasteiger partial charge >= 0.3 is 5.97 Å². The van der Waals surface area contributed by atoms with Crippen LogP contribution in [0.5, 0.6) is 0 Å². The number of amides is 1. The number of carbonyl (C=O) groups is 2. The number of esters is 1. The highest BCUT2D eigenvalue weighted by molar-refractivity contribution is 14.1. The zero-order valence-electron chi connectivity index (χ0n) is 19.6. The van der Waals surface area contributed by atoms with Crippen molar-refractivity contribution < 1.29 is 32.2 Å². The van der Waals surface area contributed by atoms with Crippen LogP contribution in [0.2, 0.25) is 0 Å².